The molecule has 1 aromatic rings. The van der Waals surface area contributed by atoms with E-state index in [-0.39, 0.29) is 12.5 Å². The van der Waals surface area contributed by atoms with E-state index >= 15 is 0 Å². The number of nitrogens with one attached hydrogen (secondary N) is 1. The molecule has 2 bridgehead atoms. The Morgan fingerprint density at radius 1 is 1.23 bits per heavy atom. The SMILES string of the molecule is CN(C(=O)COCCc1ccccc1)C1CC2CCC(C1)N2. The van der Waals surface area contributed by atoms with Crippen molar-refractivity contribution in [3.05, 3.63) is 35.9 Å². The summed E-state index contributed by atoms with van der Waals surface area (Å²) in [6.07, 6.45) is 5.55. The minimum atomic E-state index is 0.111. The van der Waals surface area contributed by atoms with Gasteiger partial charge in [0.15, 0.2) is 0 Å². The fourth-order valence-electron chi connectivity index (χ4n) is 3.64. The lowest BCUT2D eigenvalue weighted by atomic mass is 9.98. The highest BCUT2D eigenvalue weighted by molar-refractivity contribution is 5.77. The predicted molar refractivity (Wildman–Crippen MR) is 86.7 cm³/mol. The van der Waals surface area contributed by atoms with Crippen LogP contribution >= 0.6 is 0 Å². The maximum Gasteiger partial charge on any atom is 0.248 e. The molecule has 2 fully saturated rings. The summed E-state index contributed by atoms with van der Waals surface area (Å²) in [5.41, 5.74) is 1.25. The Hall–Kier alpha value is -1.39. The Morgan fingerprint density at radius 2 is 1.91 bits per heavy atom. The third-order valence-electron chi connectivity index (χ3n) is 4.99. The summed E-state index contributed by atoms with van der Waals surface area (Å²) in [5, 5.41) is 3.62. The number of rotatable bonds is 6. The molecule has 2 atom stereocenters. The standard InChI is InChI=1S/C18H26N2O2/c1-20(17-11-15-7-8-16(12-17)19-15)18(21)13-22-10-9-14-5-3-2-4-6-14/h2-6,15-17,19H,7-13H2,1H3. The van der Waals surface area contributed by atoms with E-state index in [1.807, 2.05) is 30.1 Å². The van der Waals surface area contributed by atoms with Crippen LogP contribution in [0.2, 0.25) is 0 Å². The van der Waals surface area contributed by atoms with Crippen LogP contribution in [0.15, 0.2) is 30.3 Å². The second-order valence-corrected chi connectivity index (χ2v) is 6.56. The van der Waals surface area contributed by atoms with Gasteiger partial charge in [-0.15, -0.1) is 0 Å². The van der Waals surface area contributed by atoms with Crippen molar-refractivity contribution in [1.29, 1.82) is 0 Å². The molecule has 1 aromatic carbocycles. The van der Waals surface area contributed by atoms with Gasteiger partial charge in [0, 0.05) is 25.2 Å². The van der Waals surface area contributed by atoms with Crippen LogP contribution in [-0.4, -0.2) is 49.2 Å². The smallest absolute Gasteiger partial charge is 0.248 e. The first-order chi connectivity index (χ1) is 10.7. The van der Waals surface area contributed by atoms with Gasteiger partial charge in [0.05, 0.1) is 6.61 Å². The van der Waals surface area contributed by atoms with Crippen molar-refractivity contribution in [3.63, 3.8) is 0 Å². The zero-order valence-corrected chi connectivity index (χ0v) is 13.3. The van der Waals surface area contributed by atoms with Crippen LogP contribution in [0.25, 0.3) is 0 Å². The number of fused-ring (bicyclic) bond motifs is 2. The molecule has 2 aliphatic heterocycles. The number of amides is 1. The molecule has 0 radical (unpaired) electrons. The molecule has 0 aromatic heterocycles. The van der Waals surface area contributed by atoms with Crippen molar-refractivity contribution in [2.45, 2.75) is 50.2 Å². The maximum atomic E-state index is 12.3. The van der Waals surface area contributed by atoms with E-state index < -0.39 is 0 Å². The van der Waals surface area contributed by atoms with Crippen LogP contribution in [0.4, 0.5) is 0 Å². The molecule has 0 saturated carbocycles. The first-order valence-corrected chi connectivity index (χ1v) is 8.36. The monoisotopic (exact) mass is 302 g/mol. The molecule has 0 spiro atoms. The molecule has 4 heteroatoms. The Bertz CT molecular complexity index is 479. The maximum absolute atomic E-state index is 12.3. The molecule has 2 unspecified atom stereocenters. The fraction of sp³-hybridized carbons (Fsp3) is 0.611. The minimum Gasteiger partial charge on any atom is -0.371 e. The normalized spacial score (nSPS) is 26.9. The molecule has 2 aliphatic rings. The number of hydrogen-bond donors (Lipinski definition) is 1. The summed E-state index contributed by atoms with van der Waals surface area (Å²) >= 11 is 0. The van der Waals surface area contributed by atoms with Crippen LogP contribution in [0.1, 0.15) is 31.2 Å². The van der Waals surface area contributed by atoms with Crippen molar-refractivity contribution >= 4 is 5.91 Å². The molecule has 2 heterocycles. The van der Waals surface area contributed by atoms with Gasteiger partial charge in [-0.3, -0.25) is 4.79 Å². The highest BCUT2D eigenvalue weighted by atomic mass is 16.5. The topological polar surface area (TPSA) is 41.6 Å². The van der Waals surface area contributed by atoms with Gasteiger partial charge in [-0.05, 0) is 37.7 Å². The number of nitrogens with zero attached hydrogens (tertiary/aromatic N) is 1. The van der Waals surface area contributed by atoms with E-state index in [4.69, 9.17) is 4.74 Å². The highest BCUT2D eigenvalue weighted by Crippen LogP contribution is 2.29. The van der Waals surface area contributed by atoms with Gasteiger partial charge >= 0.3 is 0 Å². The van der Waals surface area contributed by atoms with Crippen molar-refractivity contribution in [2.75, 3.05) is 20.3 Å². The van der Waals surface area contributed by atoms with Crippen LogP contribution in [0.5, 0.6) is 0 Å². The Morgan fingerprint density at radius 3 is 2.59 bits per heavy atom. The average molecular weight is 302 g/mol. The van der Waals surface area contributed by atoms with Crippen molar-refractivity contribution in [2.24, 2.45) is 0 Å². The Balaban J connectivity index is 1.38. The van der Waals surface area contributed by atoms with E-state index in [1.54, 1.807) is 0 Å². The van der Waals surface area contributed by atoms with Gasteiger partial charge in [0.25, 0.3) is 0 Å². The molecule has 4 nitrogen and oxygen atoms in total. The van der Waals surface area contributed by atoms with Crippen LogP contribution in [-0.2, 0) is 16.0 Å². The lowest BCUT2D eigenvalue weighted by Crippen LogP contribution is -2.49. The van der Waals surface area contributed by atoms with E-state index in [0.29, 0.717) is 24.7 Å². The molecular weight excluding hydrogens is 276 g/mol. The summed E-state index contributed by atoms with van der Waals surface area (Å²) in [6.45, 7) is 0.795. The third-order valence-corrected chi connectivity index (χ3v) is 4.99. The zero-order valence-electron chi connectivity index (χ0n) is 13.3. The number of likely N-dealkylation sites (N-methyl/N-ethyl adjacent to an activating group) is 1. The number of piperidine rings is 1. The first-order valence-electron chi connectivity index (χ1n) is 8.36. The minimum absolute atomic E-state index is 0.111. The quantitative estimate of drug-likeness (QED) is 0.817. The first kappa shape index (κ1) is 15.5. The fourth-order valence-corrected chi connectivity index (χ4v) is 3.64. The number of hydrogen-bond acceptors (Lipinski definition) is 3. The van der Waals surface area contributed by atoms with Crippen molar-refractivity contribution in [1.82, 2.24) is 10.2 Å². The molecule has 120 valence electrons. The third kappa shape index (κ3) is 3.87. The van der Waals surface area contributed by atoms with Crippen LogP contribution < -0.4 is 5.32 Å². The Labute approximate surface area is 132 Å². The second-order valence-electron chi connectivity index (χ2n) is 6.56. The number of benzene rings is 1. The highest BCUT2D eigenvalue weighted by Gasteiger charge is 2.36. The van der Waals surface area contributed by atoms with Crippen molar-refractivity contribution < 1.29 is 9.53 Å². The number of carbonyl (C=O) groups is 1. The van der Waals surface area contributed by atoms with E-state index in [9.17, 15) is 4.79 Å². The van der Waals surface area contributed by atoms with E-state index in [2.05, 4.69) is 17.4 Å². The summed E-state index contributed by atoms with van der Waals surface area (Å²) in [4.78, 5) is 14.2. The van der Waals surface area contributed by atoms with E-state index in [1.165, 1.54) is 18.4 Å². The summed E-state index contributed by atoms with van der Waals surface area (Å²) < 4.78 is 5.57. The molecule has 3 rings (SSSR count). The molecule has 1 amide bonds. The van der Waals surface area contributed by atoms with Gasteiger partial charge in [-0.2, -0.15) is 0 Å². The number of carbonyl (C=O) groups excluding carboxylic acids is 1. The molecular formula is C18H26N2O2. The summed E-state index contributed by atoms with van der Waals surface area (Å²) in [6, 6.07) is 11.8. The molecule has 0 aliphatic carbocycles. The lowest BCUT2D eigenvalue weighted by molar-refractivity contribution is -0.137. The van der Waals surface area contributed by atoms with Gasteiger partial charge in [-0.25, -0.2) is 0 Å². The molecule has 1 N–H and O–H groups in total. The van der Waals surface area contributed by atoms with Gasteiger partial charge in [-0.1, -0.05) is 30.3 Å². The van der Waals surface area contributed by atoms with Gasteiger partial charge in [0.2, 0.25) is 5.91 Å². The summed E-state index contributed by atoms with van der Waals surface area (Å²) in [5.74, 6) is 0.111. The van der Waals surface area contributed by atoms with Gasteiger partial charge < -0.3 is 15.0 Å². The molecule has 22 heavy (non-hydrogen) atoms. The summed E-state index contributed by atoms with van der Waals surface area (Å²) in [7, 11) is 1.93. The van der Waals surface area contributed by atoms with Gasteiger partial charge in [0.1, 0.15) is 6.61 Å². The van der Waals surface area contributed by atoms with Crippen LogP contribution in [0.3, 0.4) is 0 Å². The van der Waals surface area contributed by atoms with Crippen molar-refractivity contribution in [3.8, 4) is 0 Å². The van der Waals surface area contributed by atoms with Crippen LogP contribution in [0, 0.1) is 0 Å². The molecule has 2 saturated heterocycles. The lowest BCUT2D eigenvalue weighted by Gasteiger charge is -2.35. The zero-order chi connectivity index (χ0) is 15.4. The Kier molecular flexibility index (Phi) is 5.11. The second kappa shape index (κ2) is 7.25. The predicted octanol–water partition coefficient (Wildman–Crippen LogP) is 1.99. The largest absolute Gasteiger partial charge is 0.371 e. The number of ether oxygens (including phenoxy) is 1. The average Bonchev–Trinajstić information content (AvgIpc) is 2.89. The van der Waals surface area contributed by atoms with E-state index in [0.717, 1.165) is 19.3 Å².